The van der Waals surface area contributed by atoms with Crippen LogP contribution in [-0.4, -0.2) is 22.4 Å². The quantitative estimate of drug-likeness (QED) is 0.811. The summed E-state index contributed by atoms with van der Waals surface area (Å²) >= 11 is 0. The predicted octanol–water partition coefficient (Wildman–Crippen LogP) is 1.99. The van der Waals surface area contributed by atoms with Crippen LogP contribution in [0.3, 0.4) is 0 Å². The summed E-state index contributed by atoms with van der Waals surface area (Å²) < 4.78 is 0. The standard InChI is InChI=1S/C14H20N4O/c1-10-9-12(18-14(15)17-10)13(19)16-8-7-11-5-3-2-4-6-11/h5,9H,2-4,6-8H2,1H3,(H,16,19)(H2,15,17,18). The lowest BCUT2D eigenvalue weighted by molar-refractivity contribution is 0.0949. The van der Waals surface area contributed by atoms with E-state index in [0.717, 1.165) is 12.8 Å². The molecule has 5 nitrogen and oxygen atoms in total. The van der Waals surface area contributed by atoms with Gasteiger partial charge in [-0.3, -0.25) is 4.79 Å². The van der Waals surface area contributed by atoms with E-state index in [1.807, 2.05) is 0 Å². The molecule has 0 spiro atoms. The van der Waals surface area contributed by atoms with Crippen LogP contribution in [0, 0.1) is 6.92 Å². The second kappa shape index (κ2) is 6.31. The second-order valence-corrected chi connectivity index (χ2v) is 4.87. The summed E-state index contributed by atoms with van der Waals surface area (Å²) in [5, 5.41) is 2.88. The Morgan fingerprint density at radius 2 is 2.26 bits per heavy atom. The number of nitrogens with zero attached hydrogens (tertiary/aromatic N) is 2. The van der Waals surface area contributed by atoms with E-state index < -0.39 is 0 Å². The largest absolute Gasteiger partial charge is 0.368 e. The van der Waals surface area contributed by atoms with Crippen LogP contribution in [0.2, 0.25) is 0 Å². The summed E-state index contributed by atoms with van der Waals surface area (Å²) in [4.78, 5) is 19.8. The van der Waals surface area contributed by atoms with Crippen molar-refractivity contribution in [3.8, 4) is 0 Å². The lowest BCUT2D eigenvalue weighted by Gasteiger charge is -2.12. The summed E-state index contributed by atoms with van der Waals surface area (Å²) in [5.74, 6) is -0.0475. The molecular formula is C14H20N4O. The summed E-state index contributed by atoms with van der Waals surface area (Å²) in [5.41, 5.74) is 8.02. The molecule has 5 heteroatoms. The van der Waals surface area contributed by atoms with E-state index in [2.05, 4.69) is 21.4 Å². The number of carbonyl (C=O) groups excluding carboxylic acids is 1. The zero-order chi connectivity index (χ0) is 13.7. The summed E-state index contributed by atoms with van der Waals surface area (Å²) in [7, 11) is 0. The van der Waals surface area contributed by atoms with Gasteiger partial charge in [0.15, 0.2) is 0 Å². The topological polar surface area (TPSA) is 80.9 Å². The van der Waals surface area contributed by atoms with Gasteiger partial charge in [0.05, 0.1) is 0 Å². The van der Waals surface area contributed by atoms with Crippen LogP contribution in [0.1, 0.15) is 48.3 Å². The Labute approximate surface area is 113 Å². The minimum Gasteiger partial charge on any atom is -0.368 e. The molecule has 19 heavy (non-hydrogen) atoms. The van der Waals surface area contributed by atoms with Gasteiger partial charge < -0.3 is 11.1 Å². The highest BCUT2D eigenvalue weighted by Gasteiger charge is 2.09. The molecule has 0 bridgehead atoms. The fourth-order valence-corrected chi connectivity index (χ4v) is 2.27. The summed E-state index contributed by atoms with van der Waals surface area (Å²) in [6.07, 6.45) is 8.10. The Bertz CT molecular complexity index is 476. The monoisotopic (exact) mass is 260 g/mol. The van der Waals surface area contributed by atoms with Crippen molar-refractivity contribution in [1.82, 2.24) is 15.3 Å². The maximum atomic E-state index is 11.9. The Morgan fingerprint density at radius 1 is 1.42 bits per heavy atom. The Morgan fingerprint density at radius 3 is 2.95 bits per heavy atom. The van der Waals surface area contributed by atoms with Crippen molar-refractivity contribution in [2.45, 2.75) is 39.0 Å². The minimum atomic E-state index is -0.186. The molecule has 1 aromatic heterocycles. The van der Waals surface area contributed by atoms with Crippen molar-refractivity contribution in [1.29, 1.82) is 0 Å². The zero-order valence-corrected chi connectivity index (χ0v) is 11.3. The zero-order valence-electron chi connectivity index (χ0n) is 11.3. The number of amides is 1. The van der Waals surface area contributed by atoms with Crippen molar-refractivity contribution >= 4 is 11.9 Å². The van der Waals surface area contributed by atoms with E-state index in [0.29, 0.717) is 17.9 Å². The third-order valence-electron chi connectivity index (χ3n) is 3.22. The highest BCUT2D eigenvalue weighted by Crippen LogP contribution is 2.19. The average Bonchev–Trinajstić information content (AvgIpc) is 2.38. The molecule has 0 aromatic carbocycles. The number of rotatable bonds is 4. The molecule has 1 aliphatic carbocycles. The molecule has 1 amide bonds. The number of nitrogens with one attached hydrogen (secondary N) is 1. The van der Waals surface area contributed by atoms with Crippen molar-refractivity contribution in [2.75, 3.05) is 12.3 Å². The van der Waals surface area contributed by atoms with Crippen LogP contribution in [0.5, 0.6) is 0 Å². The van der Waals surface area contributed by atoms with Gasteiger partial charge in [0.25, 0.3) is 5.91 Å². The fraction of sp³-hybridized carbons (Fsp3) is 0.500. The van der Waals surface area contributed by atoms with E-state index in [4.69, 9.17) is 5.73 Å². The van der Waals surface area contributed by atoms with E-state index in [9.17, 15) is 4.79 Å². The maximum Gasteiger partial charge on any atom is 0.270 e. The number of nitrogen functional groups attached to an aromatic ring is 1. The van der Waals surface area contributed by atoms with Crippen molar-refractivity contribution < 1.29 is 4.79 Å². The molecule has 0 saturated heterocycles. The molecule has 0 aliphatic heterocycles. The Balaban J connectivity index is 1.85. The molecular weight excluding hydrogens is 240 g/mol. The first-order valence-electron chi connectivity index (χ1n) is 6.72. The lowest BCUT2D eigenvalue weighted by Crippen LogP contribution is -2.26. The number of aromatic nitrogens is 2. The molecule has 3 N–H and O–H groups in total. The maximum absolute atomic E-state index is 11.9. The molecule has 0 saturated carbocycles. The van der Waals surface area contributed by atoms with Gasteiger partial charge in [-0.1, -0.05) is 11.6 Å². The highest BCUT2D eigenvalue weighted by molar-refractivity contribution is 5.92. The van der Waals surface area contributed by atoms with E-state index >= 15 is 0 Å². The molecule has 102 valence electrons. The van der Waals surface area contributed by atoms with Gasteiger partial charge in [-0.25, -0.2) is 9.97 Å². The average molecular weight is 260 g/mol. The van der Waals surface area contributed by atoms with Crippen LogP contribution in [0.15, 0.2) is 17.7 Å². The van der Waals surface area contributed by atoms with E-state index in [1.54, 1.807) is 13.0 Å². The number of anilines is 1. The molecule has 0 atom stereocenters. The van der Waals surface area contributed by atoms with Crippen LogP contribution in [0.25, 0.3) is 0 Å². The normalized spacial score (nSPS) is 14.9. The van der Waals surface area contributed by atoms with Crippen LogP contribution < -0.4 is 11.1 Å². The first-order valence-corrected chi connectivity index (χ1v) is 6.72. The van der Waals surface area contributed by atoms with Crippen LogP contribution in [-0.2, 0) is 0 Å². The summed E-state index contributed by atoms with van der Waals surface area (Å²) in [6, 6.07) is 1.64. The van der Waals surface area contributed by atoms with Gasteiger partial charge in [0, 0.05) is 12.2 Å². The first-order chi connectivity index (χ1) is 9.15. The third kappa shape index (κ3) is 4.05. The predicted molar refractivity (Wildman–Crippen MR) is 74.7 cm³/mol. The highest BCUT2D eigenvalue weighted by atomic mass is 16.1. The molecule has 0 radical (unpaired) electrons. The van der Waals surface area contributed by atoms with Gasteiger partial charge in [0.1, 0.15) is 5.69 Å². The summed E-state index contributed by atoms with van der Waals surface area (Å²) in [6.45, 7) is 2.44. The number of hydrogen-bond acceptors (Lipinski definition) is 4. The van der Waals surface area contributed by atoms with Gasteiger partial charge in [-0.15, -0.1) is 0 Å². The molecule has 1 aromatic rings. The van der Waals surface area contributed by atoms with Gasteiger partial charge in [-0.05, 0) is 45.1 Å². The molecule has 2 rings (SSSR count). The SMILES string of the molecule is Cc1cc(C(=O)NCCC2=CCCCC2)nc(N)n1. The molecule has 1 heterocycles. The fourth-order valence-electron chi connectivity index (χ4n) is 2.27. The number of carbonyl (C=O) groups is 1. The molecule has 0 fully saturated rings. The van der Waals surface area contributed by atoms with Crippen LogP contribution >= 0.6 is 0 Å². The van der Waals surface area contributed by atoms with Gasteiger partial charge >= 0.3 is 0 Å². The molecule has 1 aliphatic rings. The van der Waals surface area contributed by atoms with Crippen molar-refractivity contribution in [3.05, 3.63) is 29.1 Å². The first kappa shape index (κ1) is 13.5. The second-order valence-electron chi connectivity index (χ2n) is 4.87. The smallest absolute Gasteiger partial charge is 0.270 e. The Hall–Kier alpha value is -1.91. The van der Waals surface area contributed by atoms with Gasteiger partial charge in [-0.2, -0.15) is 0 Å². The number of allylic oxidation sites excluding steroid dienone is 1. The number of hydrogen-bond donors (Lipinski definition) is 2. The van der Waals surface area contributed by atoms with E-state index in [-0.39, 0.29) is 11.9 Å². The number of aryl methyl sites for hydroxylation is 1. The Kier molecular flexibility index (Phi) is 4.49. The third-order valence-corrected chi connectivity index (χ3v) is 3.22. The van der Waals surface area contributed by atoms with Crippen LogP contribution in [0.4, 0.5) is 5.95 Å². The van der Waals surface area contributed by atoms with Crippen molar-refractivity contribution in [3.63, 3.8) is 0 Å². The lowest BCUT2D eigenvalue weighted by atomic mass is 9.97. The molecule has 0 unspecified atom stereocenters. The minimum absolute atomic E-state index is 0.139. The van der Waals surface area contributed by atoms with Crippen molar-refractivity contribution in [2.24, 2.45) is 0 Å². The van der Waals surface area contributed by atoms with Gasteiger partial charge in [0.2, 0.25) is 5.95 Å². The number of nitrogens with two attached hydrogens (primary N) is 1. The van der Waals surface area contributed by atoms with E-state index in [1.165, 1.54) is 24.8 Å².